The maximum Gasteiger partial charge on any atom is 0.321 e. The van der Waals surface area contributed by atoms with Crippen LogP contribution in [0.4, 0.5) is 0 Å². The van der Waals surface area contributed by atoms with Gasteiger partial charge in [-0.2, -0.15) is 0 Å². The van der Waals surface area contributed by atoms with Crippen molar-refractivity contribution in [2.45, 2.75) is 98.3 Å². The first kappa shape index (κ1) is 29.9. The Labute approximate surface area is 203 Å². The van der Waals surface area contributed by atoms with Gasteiger partial charge in [0.25, 0.3) is 0 Å². The third kappa shape index (κ3) is 9.63. The van der Waals surface area contributed by atoms with Crippen molar-refractivity contribution in [2.75, 3.05) is 13.2 Å². The van der Waals surface area contributed by atoms with E-state index in [0.29, 0.717) is 24.7 Å². The minimum absolute atomic E-state index is 0.0427. The van der Waals surface area contributed by atoms with E-state index in [-0.39, 0.29) is 26.1 Å². The first-order chi connectivity index (χ1) is 16.0. The van der Waals surface area contributed by atoms with Gasteiger partial charge in [-0.3, -0.25) is 19.2 Å². The molecule has 0 amide bonds. The molecular formula is C26H44O8. The summed E-state index contributed by atoms with van der Waals surface area (Å²) in [7, 11) is 0. The molecule has 0 aromatic heterocycles. The first-order valence-corrected chi connectivity index (χ1v) is 12.8. The highest BCUT2D eigenvalue weighted by molar-refractivity contribution is 5.99. The summed E-state index contributed by atoms with van der Waals surface area (Å²) in [6, 6.07) is 0. The third-order valence-corrected chi connectivity index (χ3v) is 6.70. The molecule has 0 saturated heterocycles. The van der Waals surface area contributed by atoms with Gasteiger partial charge in [0.1, 0.15) is 0 Å². The summed E-state index contributed by atoms with van der Waals surface area (Å²) in [4.78, 5) is 49.3. The molecule has 0 spiro atoms. The normalized spacial score (nSPS) is 19.7. The van der Waals surface area contributed by atoms with Gasteiger partial charge < -0.3 is 19.7 Å². The summed E-state index contributed by atoms with van der Waals surface area (Å²) in [6.45, 7) is 8.99. The largest absolute Gasteiger partial charge is 0.480 e. The van der Waals surface area contributed by atoms with Crippen LogP contribution in [-0.2, 0) is 28.7 Å². The van der Waals surface area contributed by atoms with Gasteiger partial charge in [0, 0.05) is 0 Å². The van der Waals surface area contributed by atoms with E-state index in [1.807, 2.05) is 0 Å². The standard InChI is InChI=1S/C26H44O8/c1-18(2)11-7-5-9-15-33-22(27)20-13-14-26(24(29)30,25(31)32)17-21(20)23(28)34-16-10-6-8-12-19(3)4/h18-21H,5-17H2,1-4H3,(H,29,30)(H,31,32). The Balaban J connectivity index is 2.73. The van der Waals surface area contributed by atoms with Crippen LogP contribution in [0.25, 0.3) is 0 Å². The monoisotopic (exact) mass is 484 g/mol. The highest BCUT2D eigenvalue weighted by atomic mass is 16.5. The van der Waals surface area contributed by atoms with Crippen LogP contribution in [0.2, 0.25) is 0 Å². The van der Waals surface area contributed by atoms with Gasteiger partial charge in [-0.05, 0) is 43.9 Å². The molecule has 1 aliphatic rings. The number of hydrogen-bond acceptors (Lipinski definition) is 6. The average molecular weight is 485 g/mol. The van der Waals surface area contributed by atoms with Gasteiger partial charge in [0.2, 0.25) is 0 Å². The fraction of sp³-hybridized carbons (Fsp3) is 0.846. The molecule has 2 N–H and O–H groups in total. The van der Waals surface area contributed by atoms with E-state index in [0.717, 1.165) is 38.5 Å². The van der Waals surface area contributed by atoms with Crippen LogP contribution >= 0.6 is 0 Å². The molecule has 196 valence electrons. The molecule has 0 aromatic carbocycles. The van der Waals surface area contributed by atoms with Crippen molar-refractivity contribution < 1.29 is 38.9 Å². The molecule has 1 aliphatic carbocycles. The minimum atomic E-state index is -2.10. The molecule has 0 aliphatic heterocycles. The Morgan fingerprint density at radius 3 is 1.59 bits per heavy atom. The second kappa shape index (κ2) is 15.0. The second-order valence-electron chi connectivity index (χ2n) is 10.5. The highest BCUT2D eigenvalue weighted by Gasteiger charge is 2.56. The topological polar surface area (TPSA) is 127 Å². The predicted molar refractivity (Wildman–Crippen MR) is 127 cm³/mol. The Hall–Kier alpha value is -2.12. The van der Waals surface area contributed by atoms with Crippen molar-refractivity contribution in [1.82, 2.24) is 0 Å². The van der Waals surface area contributed by atoms with Crippen LogP contribution in [0.1, 0.15) is 98.3 Å². The SMILES string of the molecule is CC(C)CCCCCOC(=O)C1CCC(C(=O)O)(C(=O)O)CC1C(=O)OCCCCCC(C)C. The Bertz CT molecular complexity index is 656. The number of hydrogen-bond donors (Lipinski definition) is 2. The van der Waals surface area contributed by atoms with Crippen molar-refractivity contribution in [3.8, 4) is 0 Å². The number of rotatable bonds is 16. The second-order valence-corrected chi connectivity index (χ2v) is 10.5. The average Bonchev–Trinajstić information content (AvgIpc) is 2.76. The molecule has 0 bridgehead atoms. The van der Waals surface area contributed by atoms with Crippen molar-refractivity contribution in [3.05, 3.63) is 0 Å². The lowest BCUT2D eigenvalue weighted by Gasteiger charge is -2.37. The van der Waals surface area contributed by atoms with Gasteiger partial charge >= 0.3 is 23.9 Å². The molecule has 1 saturated carbocycles. The van der Waals surface area contributed by atoms with Gasteiger partial charge in [0.05, 0.1) is 25.0 Å². The number of carbonyl (C=O) groups excluding carboxylic acids is 2. The smallest absolute Gasteiger partial charge is 0.321 e. The van der Waals surface area contributed by atoms with Crippen LogP contribution < -0.4 is 0 Å². The zero-order chi connectivity index (χ0) is 25.7. The molecule has 34 heavy (non-hydrogen) atoms. The summed E-state index contributed by atoms with van der Waals surface area (Å²) in [5.74, 6) is -5.10. The van der Waals surface area contributed by atoms with Crippen molar-refractivity contribution in [1.29, 1.82) is 0 Å². The van der Waals surface area contributed by atoms with E-state index >= 15 is 0 Å². The molecule has 0 radical (unpaired) electrons. The van der Waals surface area contributed by atoms with Gasteiger partial charge in [-0.25, -0.2) is 0 Å². The zero-order valence-electron chi connectivity index (χ0n) is 21.3. The zero-order valence-corrected chi connectivity index (χ0v) is 21.3. The maximum absolute atomic E-state index is 12.8. The Kier molecular flexibility index (Phi) is 13.2. The summed E-state index contributed by atoms with van der Waals surface area (Å²) in [6.07, 6.45) is 6.71. The molecule has 8 heteroatoms. The molecule has 8 nitrogen and oxygen atoms in total. The third-order valence-electron chi connectivity index (χ3n) is 6.70. The van der Waals surface area contributed by atoms with Crippen LogP contribution in [0.5, 0.6) is 0 Å². The highest BCUT2D eigenvalue weighted by Crippen LogP contribution is 2.44. The predicted octanol–water partition coefficient (Wildman–Crippen LogP) is 5.08. The number of unbranched alkanes of at least 4 members (excludes halogenated alkanes) is 4. The van der Waals surface area contributed by atoms with E-state index < -0.39 is 47.5 Å². The van der Waals surface area contributed by atoms with E-state index in [1.165, 1.54) is 0 Å². The van der Waals surface area contributed by atoms with Crippen LogP contribution in [-0.4, -0.2) is 47.3 Å². The Morgan fingerprint density at radius 1 is 0.735 bits per heavy atom. The lowest BCUT2D eigenvalue weighted by atomic mass is 9.65. The summed E-state index contributed by atoms with van der Waals surface area (Å²) in [5.41, 5.74) is -2.10. The first-order valence-electron chi connectivity index (χ1n) is 12.8. The molecule has 2 atom stereocenters. The lowest BCUT2D eigenvalue weighted by Crippen LogP contribution is -2.49. The summed E-state index contributed by atoms with van der Waals surface area (Å²) < 4.78 is 10.8. The molecule has 1 fully saturated rings. The quantitative estimate of drug-likeness (QED) is 0.176. The van der Waals surface area contributed by atoms with Crippen LogP contribution in [0, 0.1) is 29.1 Å². The van der Waals surface area contributed by atoms with E-state index in [9.17, 15) is 29.4 Å². The minimum Gasteiger partial charge on any atom is -0.480 e. The molecule has 1 rings (SSSR count). The fourth-order valence-electron chi connectivity index (χ4n) is 4.45. The van der Waals surface area contributed by atoms with Gasteiger partial charge in [-0.15, -0.1) is 0 Å². The fourth-order valence-corrected chi connectivity index (χ4v) is 4.45. The van der Waals surface area contributed by atoms with Crippen molar-refractivity contribution in [3.63, 3.8) is 0 Å². The van der Waals surface area contributed by atoms with Crippen LogP contribution in [0.3, 0.4) is 0 Å². The lowest BCUT2D eigenvalue weighted by molar-refractivity contribution is -0.178. The molecule has 0 aromatic rings. The van der Waals surface area contributed by atoms with E-state index in [1.54, 1.807) is 0 Å². The van der Waals surface area contributed by atoms with Crippen molar-refractivity contribution >= 4 is 23.9 Å². The number of carboxylic acids is 2. The number of esters is 2. The van der Waals surface area contributed by atoms with Crippen LogP contribution in [0.15, 0.2) is 0 Å². The maximum atomic E-state index is 12.8. The number of aliphatic carboxylic acids is 2. The molecule has 0 heterocycles. The summed E-state index contributed by atoms with van der Waals surface area (Å²) in [5, 5.41) is 19.2. The molecule has 2 unspecified atom stereocenters. The molecular weight excluding hydrogens is 440 g/mol. The summed E-state index contributed by atoms with van der Waals surface area (Å²) >= 11 is 0. The van der Waals surface area contributed by atoms with E-state index in [4.69, 9.17) is 9.47 Å². The van der Waals surface area contributed by atoms with Gasteiger partial charge in [-0.1, -0.05) is 66.2 Å². The Morgan fingerprint density at radius 2 is 1.18 bits per heavy atom. The number of carboxylic acid groups (broad SMARTS) is 2. The van der Waals surface area contributed by atoms with Crippen molar-refractivity contribution in [2.24, 2.45) is 29.1 Å². The number of carbonyl (C=O) groups is 4. The van der Waals surface area contributed by atoms with Gasteiger partial charge in [0.15, 0.2) is 5.41 Å². The van der Waals surface area contributed by atoms with E-state index in [2.05, 4.69) is 27.7 Å². The number of ether oxygens (including phenoxy) is 2.